The molecule has 0 bridgehead atoms. The Morgan fingerprint density at radius 3 is 2.73 bits per heavy atom. The van der Waals surface area contributed by atoms with Gasteiger partial charge < -0.3 is 9.30 Å². The third-order valence-electron chi connectivity index (χ3n) is 1.88. The molecule has 0 saturated heterocycles. The Kier molecular flexibility index (Phi) is 3.60. The minimum Gasteiger partial charge on any atom is -0.461 e. The van der Waals surface area contributed by atoms with Crippen LogP contribution in [-0.2, 0) is 16.1 Å². The Morgan fingerprint density at radius 1 is 1.53 bits per heavy atom. The number of carbonyl (C=O) groups excluding carboxylic acids is 2. The van der Waals surface area contributed by atoms with Crippen molar-refractivity contribution in [3.05, 3.63) is 17.7 Å². The molecule has 0 aliphatic rings. The maximum atomic E-state index is 11.5. The molecular weight excluding hydrogens is 196 g/mol. The molecule has 1 heterocycles. The number of hydrogen-bond donors (Lipinski definition) is 0. The Hall–Kier alpha value is -1.65. The maximum absolute atomic E-state index is 11.5. The minimum absolute atomic E-state index is 0.0297. The second-order valence-electron chi connectivity index (χ2n) is 3.23. The Balaban J connectivity index is 2.98. The molecule has 1 aromatic heterocycles. The van der Waals surface area contributed by atoms with Crippen LogP contribution < -0.4 is 0 Å². The summed E-state index contributed by atoms with van der Waals surface area (Å²) in [7, 11) is 0. The van der Waals surface area contributed by atoms with Gasteiger partial charge in [-0.15, -0.1) is 0 Å². The van der Waals surface area contributed by atoms with Crippen LogP contribution in [0, 0.1) is 6.92 Å². The standard InChI is InChI=1S/C10H14N2O3/c1-4-15-10(14)9-8(3)11-6-12(9)5-7(2)13/h6H,4-5H2,1-3H3. The van der Waals surface area contributed by atoms with Gasteiger partial charge >= 0.3 is 5.97 Å². The second-order valence-corrected chi connectivity index (χ2v) is 3.23. The molecule has 0 aliphatic carbocycles. The zero-order valence-electron chi connectivity index (χ0n) is 9.11. The van der Waals surface area contributed by atoms with Crippen LogP contribution in [0.15, 0.2) is 6.33 Å². The summed E-state index contributed by atoms with van der Waals surface area (Å²) in [4.78, 5) is 26.5. The largest absolute Gasteiger partial charge is 0.461 e. The molecule has 0 aliphatic heterocycles. The molecule has 0 amide bonds. The van der Waals surface area contributed by atoms with Gasteiger partial charge in [0.15, 0.2) is 5.69 Å². The van der Waals surface area contributed by atoms with Crippen LogP contribution in [0.5, 0.6) is 0 Å². The third-order valence-corrected chi connectivity index (χ3v) is 1.88. The van der Waals surface area contributed by atoms with E-state index in [9.17, 15) is 9.59 Å². The molecule has 0 atom stereocenters. The molecule has 0 unspecified atom stereocenters. The van der Waals surface area contributed by atoms with Crippen LogP contribution in [-0.4, -0.2) is 27.9 Å². The lowest BCUT2D eigenvalue weighted by Crippen LogP contribution is -2.15. The van der Waals surface area contributed by atoms with Crippen LogP contribution in [0.25, 0.3) is 0 Å². The molecule has 82 valence electrons. The highest BCUT2D eigenvalue weighted by atomic mass is 16.5. The number of aryl methyl sites for hydroxylation is 1. The summed E-state index contributed by atoms with van der Waals surface area (Å²) in [6.45, 7) is 5.37. The van der Waals surface area contributed by atoms with E-state index in [0.717, 1.165) is 0 Å². The number of rotatable bonds is 4. The number of ketones is 1. The number of imidazole rings is 1. The van der Waals surface area contributed by atoms with Gasteiger partial charge in [0, 0.05) is 0 Å². The van der Waals surface area contributed by atoms with Gasteiger partial charge in [-0.05, 0) is 20.8 Å². The van der Waals surface area contributed by atoms with Gasteiger partial charge in [-0.3, -0.25) is 4.79 Å². The fourth-order valence-corrected chi connectivity index (χ4v) is 1.31. The number of Topliss-reactive ketones (excluding diaryl/α,β-unsaturated/α-hetero) is 1. The first-order valence-corrected chi connectivity index (χ1v) is 4.74. The maximum Gasteiger partial charge on any atom is 0.356 e. The van der Waals surface area contributed by atoms with E-state index in [1.807, 2.05) is 0 Å². The molecule has 1 aromatic rings. The van der Waals surface area contributed by atoms with Crippen molar-refractivity contribution < 1.29 is 14.3 Å². The summed E-state index contributed by atoms with van der Waals surface area (Å²) < 4.78 is 6.39. The van der Waals surface area contributed by atoms with E-state index in [0.29, 0.717) is 18.0 Å². The molecule has 0 N–H and O–H groups in total. The average Bonchev–Trinajstić information content (AvgIpc) is 2.46. The lowest BCUT2D eigenvalue weighted by Gasteiger charge is -2.05. The van der Waals surface area contributed by atoms with Crippen LogP contribution in [0.4, 0.5) is 0 Å². The third kappa shape index (κ3) is 2.65. The van der Waals surface area contributed by atoms with E-state index in [-0.39, 0.29) is 12.3 Å². The van der Waals surface area contributed by atoms with E-state index < -0.39 is 5.97 Å². The lowest BCUT2D eigenvalue weighted by molar-refractivity contribution is -0.117. The molecule has 0 saturated carbocycles. The van der Waals surface area contributed by atoms with Crippen molar-refractivity contribution >= 4 is 11.8 Å². The number of esters is 1. The van der Waals surface area contributed by atoms with Crippen molar-refractivity contribution in [3.63, 3.8) is 0 Å². The molecule has 0 radical (unpaired) electrons. The van der Waals surface area contributed by atoms with Gasteiger partial charge in [-0.25, -0.2) is 9.78 Å². The predicted molar refractivity (Wildman–Crippen MR) is 53.6 cm³/mol. The first-order valence-electron chi connectivity index (χ1n) is 4.74. The highest BCUT2D eigenvalue weighted by Crippen LogP contribution is 2.08. The molecule has 0 aromatic carbocycles. The van der Waals surface area contributed by atoms with Gasteiger partial charge in [-0.2, -0.15) is 0 Å². The fourth-order valence-electron chi connectivity index (χ4n) is 1.31. The monoisotopic (exact) mass is 210 g/mol. The average molecular weight is 210 g/mol. The number of ether oxygens (including phenoxy) is 1. The van der Waals surface area contributed by atoms with E-state index in [1.165, 1.54) is 17.8 Å². The van der Waals surface area contributed by atoms with Crippen LogP contribution in [0.1, 0.15) is 30.0 Å². The Labute approximate surface area is 88.1 Å². The molecule has 0 fully saturated rings. The summed E-state index contributed by atoms with van der Waals surface area (Å²) in [5.74, 6) is -0.466. The van der Waals surface area contributed by atoms with E-state index >= 15 is 0 Å². The number of aromatic nitrogens is 2. The first-order chi connectivity index (χ1) is 7.06. The zero-order valence-corrected chi connectivity index (χ0v) is 9.11. The Bertz CT molecular complexity index is 382. The smallest absolute Gasteiger partial charge is 0.356 e. The minimum atomic E-state index is -0.436. The molecule has 5 nitrogen and oxygen atoms in total. The SMILES string of the molecule is CCOC(=O)c1c(C)ncn1CC(C)=O. The van der Waals surface area contributed by atoms with Crippen LogP contribution in [0.3, 0.4) is 0 Å². The summed E-state index contributed by atoms with van der Waals surface area (Å²) in [6, 6.07) is 0. The topological polar surface area (TPSA) is 61.2 Å². The van der Waals surface area contributed by atoms with Crippen LogP contribution >= 0.6 is 0 Å². The normalized spacial score (nSPS) is 10.1. The molecule has 0 spiro atoms. The van der Waals surface area contributed by atoms with Gasteiger partial charge in [0.1, 0.15) is 5.78 Å². The highest BCUT2D eigenvalue weighted by Gasteiger charge is 2.17. The summed E-state index contributed by atoms with van der Waals surface area (Å²) in [6.07, 6.45) is 1.48. The predicted octanol–water partition coefficient (Wildman–Crippen LogP) is 0.957. The zero-order chi connectivity index (χ0) is 11.4. The van der Waals surface area contributed by atoms with Crippen molar-refractivity contribution in [1.82, 2.24) is 9.55 Å². The van der Waals surface area contributed by atoms with E-state index in [1.54, 1.807) is 13.8 Å². The van der Waals surface area contributed by atoms with Gasteiger partial charge in [0.25, 0.3) is 0 Å². The van der Waals surface area contributed by atoms with Crippen molar-refractivity contribution in [1.29, 1.82) is 0 Å². The van der Waals surface area contributed by atoms with Crippen molar-refractivity contribution in [2.24, 2.45) is 0 Å². The number of carbonyl (C=O) groups is 2. The number of nitrogens with zero attached hydrogens (tertiary/aromatic N) is 2. The van der Waals surface area contributed by atoms with Crippen molar-refractivity contribution in [2.45, 2.75) is 27.3 Å². The Morgan fingerprint density at radius 2 is 2.20 bits per heavy atom. The quantitative estimate of drug-likeness (QED) is 0.694. The van der Waals surface area contributed by atoms with Gasteiger partial charge in [0.2, 0.25) is 0 Å². The summed E-state index contributed by atoms with van der Waals surface area (Å²) in [5.41, 5.74) is 0.932. The lowest BCUT2D eigenvalue weighted by atomic mass is 10.3. The van der Waals surface area contributed by atoms with Crippen LogP contribution in [0.2, 0.25) is 0 Å². The van der Waals surface area contributed by atoms with Gasteiger partial charge in [0.05, 0.1) is 25.2 Å². The number of hydrogen-bond acceptors (Lipinski definition) is 4. The molecular formula is C10H14N2O3. The van der Waals surface area contributed by atoms with Crippen molar-refractivity contribution in [2.75, 3.05) is 6.61 Å². The second kappa shape index (κ2) is 4.72. The molecule has 1 rings (SSSR count). The molecule has 5 heteroatoms. The fraction of sp³-hybridized carbons (Fsp3) is 0.500. The first kappa shape index (κ1) is 11.4. The molecule has 15 heavy (non-hydrogen) atoms. The highest BCUT2D eigenvalue weighted by molar-refractivity contribution is 5.89. The van der Waals surface area contributed by atoms with Crippen molar-refractivity contribution in [3.8, 4) is 0 Å². The summed E-state index contributed by atoms with van der Waals surface area (Å²) in [5, 5.41) is 0. The van der Waals surface area contributed by atoms with Gasteiger partial charge in [-0.1, -0.05) is 0 Å². The van der Waals surface area contributed by atoms with E-state index in [4.69, 9.17) is 4.74 Å². The summed E-state index contributed by atoms with van der Waals surface area (Å²) >= 11 is 0. The van der Waals surface area contributed by atoms with E-state index in [2.05, 4.69) is 4.98 Å².